The molecule has 0 saturated carbocycles. The second-order valence-corrected chi connectivity index (χ2v) is 8.91. The van der Waals surface area contributed by atoms with Gasteiger partial charge in [-0.15, -0.1) is 10.2 Å². The van der Waals surface area contributed by atoms with Crippen molar-refractivity contribution in [2.45, 2.75) is 12.1 Å². The molecule has 34 heavy (non-hydrogen) atoms. The fraction of sp³-hybridized carbons (Fsp3) is 0.115. The molecule has 2 heterocycles. The molecule has 0 radical (unpaired) electrons. The van der Waals surface area contributed by atoms with Gasteiger partial charge in [-0.3, -0.25) is 9.36 Å². The molecule has 0 atom stereocenters. The number of hydrogen-bond donors (Lipinski definition) is 1. The summed E-state index contributed by atoms with van der Waals surface area (Å²) in [5.41, 5.74) is 3.45. The molecule has 0 aliphatic heterocycles. The maximum absolute atomic E-state index is 12.8. The van der Waals surface area contributed by atoms with E-state index in [0.717, 1.165) is 27.9 Å². The van der Waals surface area contributed by atoms with E-state index < -0.39 is 0 Å². The van der Waals surface area contributed by atoms with E-state index in [-0.39, 0.29) is 11.5 Å². The number of rotatable bonds is 8. The average molecular weight is 489 g/mol. The zero-order chi connectivity index (χ0) is 23.5. The number of Topliss-reactive ketones (excluding diaryl/α,β-unsaturated/α-hetero) is 1. The van der Waals surface area contributed by atoms with Gasteiger partial charge in [0.15, 0.2) is 16.8 Å². The number of hydrogen-bond acceptors (Lipinski definition) is 5. The SMILES string of the molecule is CCOc1ccc(-n2c(SCC(=O)c3ccc(Cl)cc3)nnc2-c2c[nH]c3ccccc23)cc1. The molecule has 0 spiro atoms. The summed E-state index contributed by atoms with van der Waals surface area (Å²) in [6.45, 7) is 2.55. The van der Waals surface area contributed by atoms with Crippen LogP contribution in [0.25, 0.3) is 28.0 Å². The number of fused-ring (bicyclic) bond motifs is 1. The largest absolute Gasteiger partial charge is 0.494 e. The molecule has 170 valence electrons. The van der Waals surface area contributed by atoms with Gasteiger partial charge in [0.2, 0.25) is 0 Å². The molecule has 0 bridgehead atoms. The lowest BCUT2D eigenvalue weighted by Gasteiger charge is -2.11. The summed E-state index contributed by atoms with van der Waals surface area (Å²) >= 11 is 7.30. The van der Waals surface area contributed by atoms with E-state index in [9.17, 15) is 4.79 Å². The van der Waals surface area contributed by atoms with Crippen LogP contribution in [-0.2, 0) is 0 Å². The van der Waals surface area contributed by atoms with Crippen molar-refractivity contribution < 1.29 is 9.53 Å². The number of benzene rings is 3. The number of thioether (sulfide) groups is 1. The number of carbonyl (C=O) groups excluding carboxylic acids is 1. The van der Waals surface area contributed by atoms with Gasteiger partial charge < -0.3 is 9.72 Å². The number of ketones is 1. The first kappa shape index (κ1) is 22.3. The van der Waals surface area contributed by atoms with Gasteiger partial charge in [0.1, 0.15) is 5.75 Å². The maximum Gasteiger partial charge on any atom is 0.196 e. The van der Waals surface area contributed by atoms with Crippen LogP contribution in [0.15, 0.2) is 84.1 Å². The Kier molecular flexibility index (Phi) is 6.38. The average Bonchev–Trinajstić information content (AvgIpc) is 3.48. The van der Waals surface area contributed by atoms with E-state index >= 15 is 0 Å². The zero-order valence-corrected chi connectivity index (χ0v) is 19.9. The summed E-state index contributed by atoms with van der Waals surface area (Å²) in [5.74, 6) is 1.71. The molecular weight excluding hydrogens is 468 g/mol. The minimum absolute atomic E-state index is 0.00319. The first-order valence-electron chi connectivity index (χ1n) is 10.8. The Bertz CT molecular complexity index is 1440. The monoisotopic (exact) mass is 488 g/mol. The van der Waals surface area contributed by atoms with Crippen LogP contribution in [0.2, 0.25) is 5.02 Å². The summed E-state index contributed by atoms with van der Waals surface area (Å²) < 4.78 is 7.58. The van der Waals surface area contributed by atoms with Crippen LogP contribution in [0.3, 0.4) is 0 Å². The third-order valence-electron chi connectivity index (χ3n) is 5.37. The minimum Gasteiger partial charge on any atom is -0.494 e. The van der Waals surface area contributed by atoms with Gasteiger partial charge in [-0.1, -0.05) is 41.6 Å². The first-order valence-corrected chi connectivity index (χ1v) is 12.2. The van der Waals surface area contributed by atoms with E-state index in [0.29, 0.717) is 28.2 Å². The Labute approximate surface area is 205 Å². The van der Waals surface area contributed by atoms with Crippen molar-refractivity contribution in [3.05, 3.63) is 89.6 Å². The van der Waals surface area contributed by atoms with Gasteiger partial charge in [-0.05, 0) is 61.5 Å². The fourth-order valence-corrected chi connectivity index (χ4v) is 4.71. The van der Waals surface area contributed by atoms with E-state index in [1.807, 2.05) is 60.2 Å². The van der Waals surface area contributed by atoms with Crippen molar-refractivity contribution in [1.82, 2.24) is 19.7 Å². The summed E-state index contributed by atoms with van der Waals surface area (Å²) in [5, 5.41) is 11.3. The lowest BCUT2D eigenvalue weighted by atomic mass is 10.1. The van der Waals surface area contributed by atoms with Gasteiger partial charge in [-0.2, -0.15) is 0 Å². The summed E-state index contributed by atoms with van der Waals surface area (Å²) in [6.07, 6.45) is 1.94. The molecule has 0 amide bonds. The van der Waals surface area contributed by atoms with Gasteiger partial charge in [-0.25, -0.2) is 0 Å². The number of para-hydroxylation sites is 1. The number of aromatic amines is 1. The van der Waals surface area contributed by atoms with Gasteiger partial charge >= 0.3 is 0 Å². The summed E-state index contributed by atoms with van der Waals surface area (Å²) in [4.78, 5) is 16.1. The zero-order valence-electron chi connectivity index (χ0n) is 18.4. The number of nitrogens with zero attached hydrogens (tertiary/aromatic N) is 3. The van der Waals surface area contributed by atoms with Gasteiger partial charge in [0.25, 0.3) is 0 Å². The molecule has 0 aliphatic rings. The van der Waals surface area contributed by atoms with Crippen LogP contribution in [0.5, 0.6) is 5.75 Å². The third kappa shape index (κ3) is 4.44. The molecule has 3 aromatic carbocycles. The molecule has 0 aliphatic carbocycles. The quantitative estimate of drug-likeness (QED) is 0.201. The van der Waals surface area contributed by atoms with Crippen molar-refractivity contribution in [1.29, 1.82) is 0 Å². The standard InChI is InChI=1S/C26H21ClN4O2S/c1-2-33-20-13-11-19(12-14-20)31-25(22-15-28-23-6-4-3-5-21(22)23)29-30-26(31)34-16-24(32)17-7-9-18(27)10-8-17/h3-15,28H,2,16H2,1H3. The Morgan fingerprint density at radius 3 is 2.56 bits per heavy atom. The molecule has 5 aromatic rings. The van der Waals surface area contributed by atoms with E-state index in [2.05, 4.69) is 21.2 Å². The van der Waals surface area contributed by atoms with Crippen LogP contribution < -0.4 is 4.74 Å². The van der Waals surface area contributed by atoms with Crippen molar-refractivity contribution >= 4 is 40.0 Å². The fourth-order valence-electron chi connectivity index (χ4n) is 3.73. The Hall–Kier alpha value is -3.55. The first-order chi connectivity index (χ1) is 16.6. The van der Waals surface area contributed by atoms with E-state index in [1.54, 1.807) is 24.3 Å². The molecule has 5 rings (SSSR count). The van der Waals surface area contributed by atoms with Crippen LogP contribution in [0.1, 0.15) is 17.3 Å². The number of aromatic nitrogens is 4. The Morgan fingerprint density at radius 1 is 1.03 bits per heavy atom. The molecule has 2 aromatic heterocycles. The number of H-pyrrole nitrogens is 1. The van der Waals surface area contributed by atoms with Gasteiger partial charge in [0.05, 0.1) is 12.4 Å². The second kappa shape index (κ2) is 9.75. The lowest BCUT2D eigenvalue weighted by Crippen LogP contribution is -2.05. The molecular formula is C26H21ClN4O2S. The van der Waals surface area contributed by atoms with Crippen molar-refractivity contribution in [2.75, 3.05) is 12.4 Å². The van der Waals surface area contributed by atoms with Crippen LogP contribution in [-0.4, -0.2) is 37.9 Å². The summed E-state index contributed by atoms with van der Waals surface area (Å²) in [6, 6.07) is 22.8. The molecule has 8 heteroatoms. The van der Waals surface area contributed by atoms with Crippen molar-refractivity contribution in [2.24, 2.45) is 0 Å². The van der Waals surface area contributed by atoms with E-state index in [4.69, 9.17) is 16.3 Å². The highest BCUT2D eigenvalue weighted by Gasteiger charge is 2.20. The highest BCUT2D eigenvalue weighted by atomic mass is 35.5. The molecule has 6 nitrogen and oxygen atoms in total. The van der Waals surface area contributed by atoms with Gasteiger partial charge in [0, 0.05) is 38.9 Å². The Morgan fingerprint density at radius 2 is 1.79 bits per heavy atom. The van der Waals surface area contributed by atoms with E-state index in [1.165, 1.54) is 11.8 Å². The highest BCUT2D eigenvalue weighted by Crippen LogP contribution is 2.33. The number of nitrogens with one attached hydrogen (secondary N) is 1. The smallest absolute Gasteiger partial charge is 0.196 e. The number of carbonyl (C=O) groups is 1. The molecule has 0 fully saturated rings. The molecule has 1 N–H and O–H groups in total. The normalized spacial score (nSPS) is 11.1. The van der Waals surface area contributed by atoms with Crippen LogP contribution in [0.4, 0.5) is 0 Å². The molecule has 0 unspecified atom stereocenters. The topological polar surface area (TPSA) is 72.8 Å². The van der Waals surface area contributed by atoms with Crippen molar-refractivity contribution in [3.8, 4) is 22.8 Å². The highest BCUT2D eigenvalue weighted by molar-refractivity contribution is 7.99. The van der Waals surface area contributed by atoms with Crippen LogP contribution >= 0.6 is 23.4 Å². The van der Waals surface area contributed by atoms with Crippen LogP contribution in [0, 0.1) is 0 Å². The minimum atomic E-state index is -0.00319. The summed E-state index contributed by atoms with van der Waals surface area (Å²) in [7, 11) is 0. The lowest BCUT2D eigenvalue weighted by molar-refractivity contribution is 0.102. The predicted molar refractivity (Wildman–Crippen MR) is 136 cm³/mol. The van der Waals surface area contributed by atoms with Crippen molar-refractivity contribution in [3.63, 3.8) is 0 Å². The predicted octanol–water partition coefficient (Wildman–Crippen LogP) is 6.44. The number of halogens is 1. The Balaban J connectivity index is 1.52. The molecule has 0 saturated heterocycles. The second-order valence-electron chi connectivity index (χ2n) is 7.54. The third-order valence-corrected chi connectivity index (χ3v) is 6.55. The maximum atomic E-state index is 12.8. The number of ether oxygens (including phenoxy) is 1.